The van der Waals surface area contributed by atoms with Gasteiger partial charge < -0.3 is 15.5 Å². The minimum Gasteiger partial charge on any atom is -0.467 e. The van der Waals surface area contributed by atoms with E-state index in [1.807, 2.05) is 12.1 Å². The predicted molar refractivity (Wildman–Crippen MR) is 102 cm³/mol. The SMILES string of the molecule is Cc1c([C@@H]2CCCC[C@H]2N)sc2c(NCc3ccco3)nc(Cl)nc12. The summed E-state index contributed by atoms with van der Waals surface area (Å²) in [5.41, 5.74) is 8.53. The number of thiophene rings is 1. The van der Waals surface area contributed by atoms with Gasteiger partial charge in [0.05, 0.1) is 23.0 Å². The third kappa shape index (κ3) is 3.26. The fourth-order valence-corrected chi connectivity index (χ4v) is 5.21. The minimum atomic E-state index is 0.225. The zero-order valence-corrected chi connectivity index (χ0v) is 15.7. The number of aromatic nitrogens is 2. The van der Waals surface area contributed by atoms with Crippen molar-refractivity contribution in [3.05, 3.63) is 39.9 Å². The number of aryl methyl sites for hydroxylation is 1. The van der Waals surface area contributed by atoms with Gasteiger partial charge in [-0.2, -0.15) is 4.98 Å². The van der Waals surface area contributed by atoms with Crippen LogP contribution in [-0.2, 0) is 6.54 Å². The van der Waals surface area contributed by atoms with Crippen molar-refractivity contribution < 1.29 is 4.42 Å². The predicted octanol–water partition coefficient (Wildman–Crippen LogP) is 4.84. The first-order valence-corrected chi connectivity index (χ1v) is 9.81. The van der Waals surface area contributed by atoms with Crippen LogP contribution in [-0.4, -0.2) is 16.0 Å². The van der Waals surface area contributed by atoms with Crippen LogP contribution >= 0.6 is 22.9 Å². The van der Waals surface area contributed by atoms with Gasteiger partial charge in [-0.25, -0.2) is 4.98 Å². The summed E-state index contributed by atoms with van der Waals surface area (Å²) in [6, 6.07) is 4.03. The van der Waals surface area contributed by atoms with E-state index < -0.39 is 0 Å². The molecular formula is C18H21ClN4OS. The van der Waals surface area contributed by atoms with E-state index in [-0.39, 0.29) is 11.3 Å². The fraction of sp³-hybridized carbons (Fsp3) is 0.444. The van der Waals surface area contributed by atoms with E-state index >= 15 is 0 Å². The molecule has 0 amide bonds. The van der Waals surface area contributed by atoms with E-state index in [1.54, 1.807) is 17.6 Å². The normalized spacial score (nSPS) is 20.9. The highest BCUT2D eigenvalue weighted by Crippen LogP contribution is 2.43. The molecule has 0 radical (unpaired) electrons. The van der Waals surface area contributed by atoms with E-state index in [0.29, 0.717) is 12.5 Å². The van der Waals surface area contributed by atoms with Crippen molar-refractivity contribution in [3.8, 4) is 0 Å². The van der Waals surface area contributed by atoms with Crippen molar-refractivity contribution in [1.29, 1.82) is 0 Å². The Hall–Kier alpha value is -1.63. The van der Waals surface area contributed by atoms with Crippen LogP contribution in [0, 0.1) is 6.92 Å². The van der Waals surface area contributed by atoms with Crippen LogP contribution in [0.3, 0.4) is 0 Å². The van der Waals surface area contributed by atoms with Crippen LogP contribution < -0.4 is 11.1 Å². The standard InChI is InChI=1S/C18H21ClN4OS/c1-10-14-16(25-15(10)12-6-2-3-7-13(12)20)17(23-18(19)22-14)21-9-11-5-4-8-24-11/h4-5,8,12-13H,2-3,6-7,9,20H2,1H3,(H,21,22,23)/t12-,13-/m1/s1. The summed E-state index contributed by atoms with van der Waals surface area (Å²) in [7, 11) is 0. The Bertz CT molecular complexity index is 877. The molecule has 0 bridgehead atoms. The Morgan fingerprint density at radius 3 is 2.96 bits per heavy atom. The Morgan fingerprint density at radius 2 is 2.20 bits per heavy atom. The van der Waals surface area contributed by atoms with Crippen LogP contribution in [0.1, 0.15) is 47.8 Å². The molecule has 3 aromatic rings. The zero-order chi connectivity index (χ0) is 17.4. The van der Waals surface area contributed by atoms with Gasteiger partial charge in [-0.1, -0.05) is 12.8 Å². The summed E-state index contributed by atoms with van der Waals surface area (Å²) in [5.74, 6) is 2.02. The third-order valence-corrected chi connectivity index (χ3v) is 6.53. The molecule has 0 unspecified atom stereocenters. The van der Waals surface area contributed by atoms with E-state index in [2.05, 4.69) is 22.2 Å². The number of anilines is 1. The average molecular weight is 377 g/mol. The summed E-state index contributed by atoms with van der Waals surface area (Å²) in [6.45, 7) is 2.68. The van der Waals surface area contributed by atoms with Gasteiger partial charge in [0.1, 0.15) is 11.6 Å². The highest BCUT2D eigenvalue weighted by atomic mass is 35.5. The van der Waals surface area contributed by atoms with E-state index in [4.69, 9.17) is 21.8 Å². The Labute approximate surface area is 155 Å². The van der Waals surface area contributed by atoms with Gasteiger partial charge in [0.15, 0.2) is 0 Å². The van der Waals surface area contributed by atoms with Gasteiger partial charge in [0, 0.05) is 16.8 Å². The molecule has 0 saturated heterocycles. The van der Waals surface area contributed by atoms with E-state index in [1.165, 1.54) is 23.3 Å². The molecule has 4 rings (SSSR count). The maximum absolute atomic E-state index is 6.41. The lowest BCUT2D eigenvalue weighted by Gasteiger charge is -2.28. The van der Waals surface area contributed by atoms with Gasteiger partial charge >= 0.3 is 0 Å². The van der Waals surface area contributed by atoms with Gasteiger partial charge in [-0.3, -0.25) is 0 Å². The summed E-state index contributed by atoms with van der Waals surface area (Å²) in [4.78, 5) is 10.2. The van der Waals surface area contributed by atoms with Crippen molar-refractivity contribution >= 4 is 39.0 Å². The number of nitrogens with one attached hydrogen (secondary N) is 1. The average Bonchev–Trinajstić information content (AvgIpc) is 3.22. The molecule has 3 heterocycles. The number of halogens is 1. The molecule has 1 saturated carbocycles. The number of hydrogen-bond acceptors (Lipinski definition) is 6. The van der Waals surface area contributed by atoms with Crippen LogP contribution in [0.15, 0.2) is 22.8 Å². The maximum Gasteiger partial charge on any atom is 0.224 e. The third-order valence-electron chi connectivity index (χ3n) is 4.94. The molecule has 25 heavy (non-hydrogen) atoms. The van der Waals surface area contributed by atoms with Crippen molar-refractivity contribution in [3.63, 3.8) is 0 Å². The topological polar surface area (TPSA) is 77.0 Å². The van der Waals surface area contributed by atoms with Crippen molar-refractivity contribution in [2.24, 2.45) is 5.73 Å². The number of fused-ring (bicyclic) bond motifs is 1. The summed E-state index contributed by atoms with van der Waals surface area (Å²) >= 11 is 7.92. The number of hydrogen-bond donors (Lipinski definition) is 2. The van der Waals surface area contributed by atoms with Gasteiger partial charge in [0.25, 0.3) is 0 Å². The summed E-state index contributed by atoms with van der Waals surface area (Å²) in [5, 5.41) is 3.59. The summed E-state index contributed by atoms with van der Waals surface area (Å²) < 4.78 is 6.43. The van der Waals surface area contributed by atoms with E-state index in [0.717, 1.165) is 34.6 Å². The van der Waals surface area contributed by atoms with Crippen LogP contribution in [0.25, 0.3) is 10.2 Å². The zero-order valence-electron chi connectivity index (χ0n) is 14.1. The molecule has 0 spiro atoms. The Morgan fingerprint density at radius 1 is 1.36 bits per heavy atom. The maximum atomic E-state index is 6.41. The lowest BCUT2D eigenvalue weighted by Crippen LogP contribution is -2.31. The highest BCUT2D eigenvalue weighted by molar-refractivity contribution is 7.20. The molecule has 132 valence electrons. The second-order valence-corrected chi connectivity index (χ2v) is 7.99. The van der Waals surface area contributed by atoms with Crippen molar-refractivity contribution in [2.75, 3.05) is 5.32 Å². The molecule has 3 aromatic heterocycles. The minimum absolute atomic E-state index is 0.225. The van der Waals surface area contributed by atoms with Gasteiger partial charge in [-0.15, -0.1) is 11.3 Å². The Kier molecular flexibility index (Phi) is 4.67. The molecule has 0 aliphatic heterocycles. The molecule has 0 aromatic carbocycles. The first-order valence-electron chi connectivity index (χ1n) is 8.62. The number of nitrogens with two attached hydrogens (primary N) is 1. The van der Waals surface area contributed by atoms with Crippen molar-refractivity contribution in [1.82, 2.24) is 9.97 Å². The fourth-order valence-electron chi connectivity index (χ4n) is 3.62. The Balaban J connectivity index is 1.72. The molecule has 2 atom stereocenters. The van der Waals surface area contributed by atoms with Gasteiger partial charge in [0.2, 0.25) is 5.28 Å². The van der Waals surface area contributed by atoms with E-state index in [9.17, 15) is 0 Å². The molecule has 5 nitrogen and oxygen atoms in total. The van der Waals surface area contributed by atoms with Gasteiger partial charge in [-0.05, 0) is 49.1 Å². The number of nitrogens with zero attached hydrogens (tertiary/aromatic N) is 2. The largest absolute Gasteiger partial charge is 0.467 e. The molecule has 1 fully saturated rings. The second-order valence-electron chi connectivity index (χ2n) is 6.60. The molecule has 7 heteroatoms. The van der Waals surface area contributed by atoms with Crippen LogP contribution in [0.5, 0.6) is 0 Å². The number of rotatable bonds is 4. The van der Waals surface area contributed by atoms with Crippen molar-refractivity contribution in [2.45, 2.75) is 51.1 Å². The number of furan rings is 1. The lowest BCUT2D eigenvalue weighted by molar-refractivity contribution is 0.389. The summed E-state index contributed by atoms with van der Waals surface area (Å²) in [6.07, 6.45) is 6.36. The van der Waals surface area contributed by atoms with Crippen LogP contribution in [0.2, 0.25) is 5.28 Å². The second kappa shape index (κ2) is 6.94. The monoisotopic (exact) mass is 376 g/mol. The molecular weight excluding hydrogens is 356 g/mol. The first-order chi connectivity index (χ1) is 12.1. The molecule has 3 N–H and O–H groups in total. The quantitative estimate of drug-likeness (QED) is 0.637. The first kappa shape index (κ1) is 16.8. The lowest BCUT2D eigenvalue weighted by atomic mass is 9.83. The molecule has 1 aliphatic carbocycles. The molecule has 1 aliphatic rings. The van der Waals surface area contributed by atoms with Crippen LogP contribution in [0.4, 0.5) is 5.82 Å². The highest BCUT2D eigenvalue weighted by Gasteiger charge is 2.28. The smallest absolute Gasteiger partial charge is 0.224 e.